The Balaban J connectivity index is 1.35. The van der Waals surface area contributed by atoms with E-state index < -0.39 is 0 Å². The van der Waals surface area contributed by atoms with Crippen LogP contribution in [0.15, 0.2) is 60.7 Å². The van der Waals surface area contributed by atoms with Crippen molar-refractivity contribution in [3.05, 3.63) is 77.4 Å². The van der Waals surface area contributed by atoms with Crippen LogP contribution < -0.4 is 4.74 Å². The first kappa shape index (κ1) is 33.7. The lowest BCUT2D eigenvalue weighted by Crippen LogP contribution is -2.15. The quantitative estimate of drug-likeness (QED) is 0.0887. The maximum Gasteiger partial charge on any atom is 0.338 e. The van der Waals surface area contributed by atoms with E-state index in [1.807, 2.05) is 19.1 Å². The fourth-order valence-corrected chi connectivity index (χ4v) is 5.56. The van der Waals surface area contributed by atoms with Gasteiger partial charge in [-0.1, -0.05) is 127 Å². The van der Waals surface area contributed by atoms with Crippen molar-refractivity contribution in [1.29, 1.82) is 0 Å². The smallest absolute Gasteiger partial charge is 0.338 e. The fraction of sp³-hybridized carbons (Fsp3) is 0.564. The minimum absolute atomic E-state index is 0.0332. The van der Waals surface area contributed by atoms with Crippen LogP contribution >= 0.6 is 0 Å². The van der Waals surface area contributed by atoms with Crippen molar-refractivity contribution < 1.29 is 14.3 Å². The maximum absolute atomic E-state index is 12.5. The van der Waals surface area contributed by atoms with Crippen molar-refractivity contribution in [3.8, 4) is 5.75 Å². The lowest BCUT2D eigenvalue weighted by molar-refractivity contribution is 0.0319. The van der Waals surface area contributed by atoms with Crippen LogP contribution in [0.5, 0.6) is 5.75 Å². The summed E-state index contributed by atoms with van der Waals surface area (Å²) in [5.74, 6) is 0.751. The molecule has 0 N–H and O–H groups in total. The van der Waals surface area contributed by atoms with Gasteiger partial charge in [-0.25, -0.2) is 4.79 Å². The highest BCUT2D eigenvalue weighted by Gasteiger charge is 2.12. The third kappa shape index (κ3) is 13.0. The molecule has 0 bridgehead atoms. The SMILES string of the molecule is CCCCCCCCCCCCOc1ccc2cc(CCc3ccc(C(=O)O[C@H](C)CCCCCC)cc3)ccc2c1. The van der Waals surface area contributed by atoms with Gasteiger partial charge in [0.05, 0.1) is 18.3 Å². The van der Waals surface area contributed by atoms with Crippen molar-refractivity contribution in [2.75, 3.05) is 6.61 Å². The van der Waals surface area contributed by atoms with Crippen molar-refractivity contribution >= 4 is 16.7 Å². The van der Waals surface area contributed by atoms with Crippen molar-refractivity contribution in [3.63, 3.8) is 0 Å². The Hall–Kier alpha value is -2.81. The number of esters is 1. The second-order valence-corrected chi connectivity index (χ2v) is 12.1. The van der Waals surface area contributed by atoms with Gasteiger partial charge in [-0.05, 0) is 85.2 Å². The summed E-state index contributed by atoms with van der Waals surface area (Å²) in [6.07, 6.45) is 21.0. The number of hydrogen-bond donors (Lipinski definition) is 0. The van der Waals surface area contributed by atoms with Crippen molar-refractivity contribution in [2.24, 2.45) is 0 Å². The number of fused-ring (bicyclic) bond motifs is 1. The molecule has 0 amide bonds. The Morgan fingerprint density at radius 2 is 1.17 bits per heavy atom. The van der Waals surface area contributed by atoms with E-state index in [1.165, 1.54) is 98.9 Å². The molecular formula is C39H56O3. The number of unbranched alkanes of at least 4 members (excludes halogenated alkanes) is 12. The van der Waals surface area contributed by atoms with E-state index >= 15 is 0 Å². The summed E-state index contributed by atoms with van der Waals surface area (Å²) < 4.78 is 11.7. The summed E-state index contributed by atoms with van der Waals surface area (Å²) in [6.45, 7) is 7.28. The Labute approximate surface area is 256 Å². The first-order chi connectivity index (χ1) is 20.6. The van der Waals surface area contributed by atoms with Crippen LogP contribution in [0, 0.1) is 0 Å². The van der Waals surface area contributed by atoms with Gasteiger partial charge in [0, 0.05) is 0 Å². The Morgan fingerprint density at radius 3 is 1.86 bits per heavy atom. The highest BCUT2D eigenvalue weighted by atomic mass is 16.5. The van der Waals surface area contributed by atoms with E-state index in [1.54, 1.807) is 0 Å². The summed E-state index contributed by atoms with van der Waals surface area (Å²) in [6, 6.07) is 21.1. The summed E-state index contributed by atoms with van der Waals surface area (Å²) in [4.78, 5) is 12.5. The molecule has 3 aromatic carbocycles. The van der Waals surface area contributed by atoms with Gasteiger partial charge in [0.1, 0.15) is 5.75 Å². The third-order valence-corrected chi connectivity index (χ3v) is 8.31. The summed E-state index contributed by atoms with van der Waals surface area (Å²) in [7, 11) is 0. The predicted molar refractivity (Wildman–Crippen MR) is 179 cm³/mol. The van der Waals surface area contributed by atoms with Crippen LogP contribution in [0.2, 0.25) is 0 Å². The molecule has 1 atom stereocenters. The van der Waals surface area contributed by atoms with Gasteiger partial charge in [-0.2, -0.15) is 0 Å². The average Bonchev–Trinajstić information content (AvgIpc) is 3.01. The molecule has 3 nitrogen and oxygen atoms in total. The molecule has 0 heterocycles. The van der Waals surface area contributed by atoms with Crippen LogP contribution in [0.4, 0.5) is 0 Å². The molecule has 42 heavy (non-hydrogen) atoms. The number of benzene rings is 3. The molecule has 3 heteroatoms. The number of carbonyl (C=O) groups is 1. The van der Waals surface area contributed by atoms with Crippen molar-refractivity contribution in [1.82, 2.24) is 0 Å². The maximum atomic E-state index is 12.5. The van der Waals surface area contributed by atoms with Crippen LogP contribution in [0.1, 0.15) is 139 Å². The molecule has 3 rings (SSSR count). The number of aryl methyl sites for hydroxylation is 2. The summed E-state index contributed by atoms with van der Waals surface area (Å²) >= 11 is 0. The molecule has 0 saturated heterocycles. The Bertz CT molecular complexity index is 1150. The molecule has 0 spiro atoms. The number of ether oxygens (including phenoxy) is 2. The van der Waals surface area contributed by atoms with Gasteiger partial charge in [0.15, 0.2) is 0 Å². The normalized spacial score (nSPS) is 12.0. The van der Waals surface area contributed by atoms with Gasteiger partial charge in [0.2, 0.25) is 0 Å². The monoisotopic (exact) mass is 572 g/mol. The van der Waals surface area contributed by atoms with Crippen LogP contribution in [0.25, 0.3) is 10.8 Å². The standard InChI is InChI=1S/C39H56O3/c1-4-6-8-10-11-12-13-14-15-17-29-41-38-28-27-36-30-34(23-26-37(36)31-38)20-19-33-21-24-35(25-22-33)39(40)42-32(3)18-16-9-7-5-2/h21-28,30-32H,4-20,29H2,1-3H3/t32-/m1/s1. The van der Waals surface area contributed by atoms with Crippen molar-refractivity contribution in [2.45, 2.75) is 136 Å². The summed E-state index contributed by atoms with van der Waals surface area (Å²) in [5, 5.41) is 2.47. The van der Waals surface area contributed by atoms with Crippen LogP contribution in [0.3, 0.4) is 0 Å². The van der Waals surface area contributed by atoms with Gasteiger partial charge < -0.3 is 9.47 Å². The largest absolute Gasteiger partial charge is 0.494 e. The molecular weight excluding hydrogens is 516 g/mol. The van der Waals surface area contributed by atoms with Gasteiger partial charge >= 0.3 is 5.97 Å². The lowest BCUT2D eigenvalue weighted by atomic mass is 10.0. The Kier molecular flexibility index (Phi) is 16.2. The van der Waals surface area contributed by atoms with Crippen LogP contribution in [-0.2, 0) is 17.6 Å². The molecule has 0 unspecified atom stereocenters. The summed E-state index contributed by atoms with van der Waals surface area (Å²) in [5.41, 5.74) is 3.19. The second kappa shape index (κ2) is 20.2. The molecule has 0 aliphatic heterocycles. The predicted octanol–water partition coefficient (Wildman–Crippen LogP) is 11.4. The number of hydrogen-bond acceptors (Lipinski definition) is 3. The molecule has 0 aliphatic rings. The topological polar surface area (TPSA) is 35.5 Å². The molecule has 230 valence electrons. The van der Waals surface area contributed by atoms with E-state index in [4.69, 9.17) is 9.47 Å². The number of rotatable bonds is 22. The fourth-order valence-electron chi connectivity index (χ4n) is 5.56. The zero-order valence-corrected chi connectivity index (χ0v) is 26.8. The highest BCUT2D eigenvalue weighted by molar-refractivity contribution is 5.89. The van der Waals surface area contributed by atoms with Gasteiger partial charge in [0.25, 0.3) is 0 Å². The first-order valence-corrected chi connectivity index (χ1v) is 17.0. The minimum Gasteiger partial charge on any atom is -0.494 e. The van der Waals surface area contributed by atoms with E-state index in [2.05, 4.69) is 62.4 Å². The van der Waals surface area contributed by atoms with Gasteiger partial charge in [-0.15, -0.1) is 0 Å². The minimum atomic E-state index is -0.217. The molecule has 0 aliphatic carbocycles. The molecule has 3 aromatic rings. The van der Waals surface area contributed by atoms with E-state index in [-0.39, 0.29) is 12.1 Å². The third-order valence-electron chi connectivity index (χ3n) is 8.31. The van der Waals surface area contributed by atoms with Gasteiger partial charge in [-0.3, -0.25) is 0 Å². The molecule has 0 aromatic heterocycles. The molecule has 0 saturated carbocycles. The van der Waals surface area contributed by atoms with E-state index in [0.29, 0.717) is 5.56 Å². The second-order valence-electron chi connectivity index (χ2n) is 12.1. The van der Waals surface area contributed by atoms with E-state index in [0.717, 1.165) is 44.5 Å². The zero-order valence-electron chi connectivity index (χ0n) is 26.8. The molecule has 0 radical (unpaired) electrons. The van der Waals surface area contributed by atoms with E-state index in [9.17, 15) is 4.79 Å². The molecule has 0 fully saturated rings. The number of carbonyl (C=O) groups excluding carboxylic acids is 1. The zero-order chi connectivity index (χ0) is 29.8. The Morgan fingerprint density at radius 1 is 0.619 bits per heavy atom. The van der Waals surface area contributed by atoms with Crippen LogP contribution in [-0.4, -0.2) is 18.7 Å². The average molecular weight is 573 g/mol. The lowest BCUT2D eigenvalue weighted by Gasteiger charge is -2.13. The first-order valence-electron chi connectivity index (χ1n) is 17.0. The highest BCUT2D eigenvalue weighted by Crippen LogP contribution is 2.23.